The zero-order valence-corrected chi connectivity index (χ0v) is 8.41. The van der Waals surface area contributed by atoms with E-state index in [2.05, 4.69) is 0 Å². The first-order valence-corrected chi connectivity index (χ1v) is 5.00. The van der Waals surface area contributed by atoms with Gasteiger partial charge in [0, 0.05) is 6.61 Å². The van der Waals surface area contributed by atoms with E-state index in [0.29, 0.717) is 6.61 Å². The molecule has 0 spiro atoms. The number of rotatable bonds is 5. The van der Waals surface area contributed by atoms with Crippen LogP contribution in [0, 0.1) is 0 Å². The van der Waals surface area contributed by atoms with E-state index in [1.165, 1.54) is 0 Å². The monoisotopic (exact) mass is 186 g/mol. The first-order valence-electron chi connectivity index (χ1n) is 5.00. The fourth-order valence-corrected chi connectivity index (χ4v) is 1.45. The predicted octanol–water partition coefficient (Wildman–Crippen LogP) is 1.55. The lowest BCUT2D eigenvalue weighted by Gasteiger charge is -2.09. The molecule has 0 N–H and O–H groups in total. The summed E-state index contributed by atoms with van der Waals surface area (Å²) in [6, 6.07) is 0. The Hall–Kier alpha value is -0.410. The van der Waals surface area contributed by atoms with E-state index in [9.17, 15) is 4.79 Å². The van der Waals surface area contributed by atoms with Crippen LogP contribution in [0.15, 0.2) is 0 Å². The summed E-state index contributed by atoms with van der Waals surface area (Å²) in [5.41, 5.74) is 0. The van der Waals surface area contributed by atoms with Gasteiger partial charge in [0.1, 0.15) is 12.7 Å². The maximum Gasteiger partial charge on any atom is 0.187 e. The van der Waals surface area contributed by atoms with Crippen molar-refractivity contribution in [3.63, 3.8) is 0 Å². The third kappa shape index (κ3) is 3.44. The Balaban J connectivity index is 2.16. The molecule has 1 fully saturated rings. The second-order valence-electron chi connectivity index (χ2n) is 3.53. The molecule has 1 aliphatic heterocycles. The molecule has 0 aromatic rings. The quantitative estimate of drug-likeness (QED) is 0.611. The largest absolute Gasteiger partial charge is 0.374 e. The van der Waals surface area contributed by atoms with Crippen molar-refractivity contribution in [2.45, 2.75) is 45.3 Å². The van der Waals surface area contributed by atoms with Gasteiger partial charge in [-0.15, -0.1) is 0 Å². The van der Waals surface area contributed by atoms with Crippen LogP contribution in [0.3, 0.4) is 0 Å². The number of carbonyl (C=O) groups excluding carboxylic acids is 1. The van der Waals surface area contributed by atoms with Gasteiger partial charge in [-0.2, -0.15) is 0 Å². The van der Waals surface area contributed by atoms with Crippen LogP contribution in [-0.4, -0.2) is 31.2 Å². The highest BCUT2D eigenvalue weighted by molar-refractivity contribution is 5.84. The summed E-state index contributed by atoms with van der Waals surface area (Å²) in [6.07, 6.45) is 2.83. The highest BCUT2D eigenvalue weighted by Gasteiger charge is 2.27. The number of ether oxygens (including phenoxy) is 2. The number of carbonyl (C=O) groups is 1. The Morgan fingerprint density at radius 2 is 2.31 bits per heavy atom. The van der Waals surface area contributed by atoms with E-state index in [-0.39, 0.29) is 24.6 Å². The van der Waals surface area contributed by atoms with Crippen molar-refractivity contribution in [1.29, 1.82) is 0 Å². The SMILES string of the molecule is CCCOCC(=O)C1CCC(C)O1. The molecule has 3 nitrogen and oxygen atoms in total. The van der Waals surface area contributed by atoms with Crippen molar-refractivity contribution in [2.75, 3.05) is 13.2 Å². The van der Waals surface area contributed by atoms with Crippen LogP contribution in [-0.2, 0) is 14.3 Å². The zero-order valence-electron chi connectivity index (χ0n) is 8.41. The lowest BCUT2D eigenvalue weighted by Crippen LogP contribution is -2.25. The van der Waals surface area contributed by atoms with Gasteiger partial charge in [0.2, 0.25) is 0 Å². The topological polar surface area (TPSA) is 35.5 Å². The second-order valence-corrected chi connectivity index (χ2v) is 3.53. The summed E-state index contributed by atoms with van der Waals surface area (Å²) < 4.78 is 10.6. The van der Waals surface area contributed by atoms with Crippen molar-refractivity contribution >= 4 is 5.78 Å². The summed E-state index contributed by atoms with van der Waals surface area (Å²) in [5, 5.41) is 0. The highest BCUT2D eigenvalue weighted by Crippen LogP contribution is 2.19. The average Bonchev–Trinajstić information content (AvgIpc) is 2.52. The summed E-state index contributed by atoms with van der Waals surface area (Å²) in [7, 11) is 0. The van der Waals surface area contributed by atoms with Crippen LogP contribution in [0.2, 0.25) is 0 Å². The number of ketones is 1. The van der Waals surface area contributed by atoms with Gasteiger partial charge < -0.3 is 9.47 Å². The molecular weight excluding hydrogens is 168 g/mol. The van der Waals surface area contributed by atoms with Gasteiger partial charge in [0.25, 0.3) is 0 Å². The maximum absolute atomic E-state index is 11.4. The van der Waals surface area contributed by atoms with Crippen molar-refractivity contribution in [2.24, 2.45) is 0 Å². The lowest BCUT2D eigenvalue weighted by atomic mass is 10.1. The lowest BCUT2D eigenvalue weighted by molar-refractivity contribution is -0.134. The van der Waals surface area contributed by atoms with E-state index in [1.54, 1.807) is 0 Å². The molecule has 2 unspecified atom stereocenters. The molecule has 0 aromatic heterocycles. The van der Waals surface area contributed by atoms with Crippen LogP contribution in [0.5, 0.6) is 0 Å². The van der Waals surface area contributed by atoms with Crippen LogP contribution < -0.4 is 0 Å². The minimum absolute atomic E-state index is 0.0952. The first kappa shape index (κ1) is 10.7. The smallest absolute Gasteiger partial charge is 0.187 e. The van der Waals surface area contributed by atoms with Crippen molar-refractivity contribution in [1.82, 2.24) is 0 Å². The predicted molar refractivity (Wildman–Crippen MR) is 49.7 cm³/mol. The molecule has 1 saturated heterocycles. The van der Waals surface area contributed by atoms with Gasteiger partial charge in [-0.3, -0.25) is 4.79 Å². The van der Waals surface area contributed by atoms with Crippen molar-refractivity contribution in [3.05, 3.63) is 0 Å². The molecule has 0 aromatic carbocycles. The Kier molecular flexibility index (Phi) is 4.39. The summed E-state index contributed by atoms with van der Waals surface area (Å²) in [4.78, 5) is 11.4. The number of hydrogen-bond acceptors (Lipinski definition) is 3. The summed E-state index contributed by atoms with van der Waals surface area (Å²) in [6.45, 7) is 4.90. The molecule has 0 aliphatic carbocycles. The van der Waals surface area contributed by atoms with Gasteiger partial charge in [-0.25, -0.2) is 0 Å². The van der Waals surface area contributed by atoms with E-state index in [4.69, 9.17) is 9.47 Å². The highest BCUT2D eigenvalue weighted by atomic mass is 16.5. The minimum Gasteiger partial charge on any atom is -0.374 e. The first-order chi connectivity index (χ1) is 6.24. The van der Waals surface area contributed by atoms with Crippen molar-refractivity contribution < 1.29 is 14.3 Å². The molecule has 0 radical (unpaired) electrons. The van der Waals surface area contributed by atoms with E-state index in [0.717, 1.165) is 19.3 Å². The molecule has 0 bridgehead atoms. The fraction of sp³-hybridized carbons (Fsp3) is 0.900. The number of hydrogen-bond donors (Lipinski definition) is 0. The molecule has 13 heavy (non-hydrogen) atoms. The van der Waals surface area contributed by atoms with Crippen molar-refractivity contribution in [3.8, 4) is 0 Å². The molecule has 0 saturated carbocycles. The van der Waals surface area contributed by atoms with E-state index < -0.39 is 0 Å². The zero-order chi connectivity index (χ0) is 9.68. The Morgan fingerprint density at radius 3 is 2.85 bits per heavy atom. The molecule has 0 amide bonds. The fourth-order valence-electron chi connectivity index (χ4n) is 1.45. The Morgan fingerprint density at radius 1 is 1.54 bits per heavy atom. The van der Waals surface area contributed by atoms with E-state index >= 15 is 0 Å². The van der Waals surface area contributed by atoms with Crippen LogP contribution in [0.1, 0.15) is 33.1 Å². The van der Waals surface area contributed by atoms with Gasteiger partial charge in [-0.1, -0.05) is 6.92 Å². The third-order valence-corrected chi connectivity index (χ3v) is 2.18. The Bertz CT molecular complexity index is 168. The number of Topliss-reactive ketones (excluding diaryl/α,β-unsaturated/α-hetero) is 1. The average molecular weight is 186 g/mol. The molecule has 1 rings (SSSR count). The summed E-state index contributed by atoms with van der Waals surface area (Å²) in [5.74, 6) is 0.0952. The molecule has 2 atom stereocenters. The van der Waals surface area contributed by atoms with Gasteiger partial charge in [-0.05, 0) is 26.2 Å². The standard InChI is InChI=1S/C10H18O3/c1-3-6-12-7-9(11)10-5-4-8(2)13-10/h8,10H,3-7H2,1-2H3. The molecular formula is C10H18O3. The van der Waals surface area contributed by atoms with Crippen LogP contribution in [0.25, 0.3) is 0 Å². The minimum atomic E-state index is -0.202. The third-order valence-electron chi connectivity index (χ3n) is 2.18. The molecule has 76 valence electrons. The molecule has 1 aliphatic rings. The van der Waals surface area contributed by atoms with Crippen LogP contribution >= 0.6 is 0 Å². The molecule has 3 heteroatoms. The van der Waals surface area contributed by atoms with Crippen LogP contribution in [0.4, 0.5) is 0 Å². The normalized spacial score (nSPS) is 27.8. The van der Waals surface area contributed by atoms with E-state index in [1.807, 2.05) is 13.8 Å². The van der Waals surface area contributed by atoms with Gasteiger partial charge in [0.05, 0.1) is 6.10 Å². The van der Waals surface area contributed by atoms with Gasteiger partial charge >= 0.3 is 0 Å². The summed E-state index contributed by atoms with van der Waals surface area (Å²) >= 11 is 0. The molecule has 1 heterocycles. The second kappa shape index (κ2) is 5.35. The van der Waals surface area contributed by atoms with Gasteiger partial charge in [0.15, 0.2) is 5.78 Å². The Labute approximate surface area is 79.4 Å². The maximum atomic E-state index is 11.4.